The molecule has 0 amide bonds. The first-order valence-electron chi connectivity index (χ1n) is 4.04. The molecular weight excluding hydrogens is 220 g/mol. The zero-order chi connectivity index (χ0) is 10.6. The van der Waals surface area contributed by atoms with E-state index in [0.29, 0.717) is 10.5 Å². The third-order valence-corrected chi connectivity index (χ3v) is 3.47. The Morgan fingerprint density at radius 2 is 2.00 bits per heavy atom. The first-order valence-corrected chi connectivity index (χ1v) is 5.80. The summed E-state index contributed by atoms with van der Waals surface area (Å²) in [7, 11) is 0. The van der Waals surface area contributed by atoms with E-state index in [0.717, 1.165) is 0 Å². The van der Waals surface area contributed by atoms with Crippen molar-refractivity contribution < 1.29 is 14.3 Å². The third kappa shape index (κ3) is 2.92. The number of esters is 1. The zero-order valence-corrected chi connectivity index (χ0v) is 9.48. The lowest BCUT2D eigenvalue weighted by molar-refractivity contribution is -0.143. The second kappa shape index (κ2) is 5.26. The van der Waals surface area contributed by atoms with Gasteiger partial charge < -0.3 is 4.74 Å². The van der Waals surface area contributed by atoms with E-state index in [1.165, 1.54) is 23.5 Å². The van der Waals surface area contributed by atoms with E-state index in [4.69, 9.17) is 4.74 Å². The highest BCUT2D eigenvalue weighted by Crippen LogP contribution is 2.39. The molecule has 0 fully saturated rings. The molecule has 76 valence electrons. The van der Waals surface area contributed by atoms with Crippen LogP contribution >= 0.6 is 23.5 Å². The first kappa shape index (κ1) is 11.4. The van der Waals surface area contributed by atoms with Crippen LogP contribution in [0.25, 0.3) is 0 Å². The van der Waals surface area contributed by atoms with Gasteiger partial charge in [0.1, 0.15) is 5.57 Å². The number of hydrogen-bond acceptors (Lipinski definition) is 5. The second-order valence-electron chi connectivity index (χ2n) is 2.78. The Hall–Kier alpha value is -0.680. The number of aldehydes is 1. The van der Waals surface area contributed by atoms with Crippen LogP contribution in [0.3, 0.4) is 0 Å². The largest absolute Gasteiger partial charge is 0.459 e. The average molecular weight is 230 g/mol. The fourth-order valence-electron chi connectivity index (χ4n) is 0.791. The van der Waals surface area contributed by atoms with Crippen molar-refractivity contribution in [2.45, 2.75) is 20.0 Å². The summed E-state index contributed by atoms with van der Waals surface area (Å²) in [4.78, 5) is 22.1. The van der Waals surface area contributed by atoms with Gasteiger partial charge in [-0.25, -0.2) is 4.79 Å². The standard InChI is InChI=1S/C9H10O3S2/c1-6(2)12-8(11)7(5-10)9-13-3-4-14-9/h3-6H,1-2H3. The van der Waals surface area contributed by atoms with E-state index in [9.17, 15) is 9.59 Å². The van der Waals surface area contributed by atoms with Crippen LogP contribution in [0.2, 0.25) is 0 Å². The van der Waals surface area contributed by atoms with Gasteiger partial charge in [0, 0.05) is 0 Å². The third-order valence-electron chi connectivity index (χ3n) is 1.31. The van der Waals surface area contributed by atoms with Gasteiger partial charge in [-0.05, 0) is 24.7 Å². The topological polar surface area (TPSA) is 43.4 Å². The van der Waals surface area contributed by atoms with Gasteiger partial charge >= 0.3 is 5.97 Å². The highest BCUT2D eigenvalue weighted by atomic mass is 32.2. The molecule has 0 aliphatic carbocycles. The maximum Gasteiger partial charge on any atom is 0.343 e. The summed E-state index contributed by atoms with van der Waals surface area (Å²) in [5, 5.41) is 3.65. The summed E-state index contributed by atoms with van der Waals surface area (Å²) in [5.74, 6) is -0.547. The van der Waals surface area contributed by atoms with Crippen molar-refractivity contribution in [3.8, 4) is 0 Å². The van der Waals surface area contributed by atoms with Gasteiger partial charge in [-0.15, -0.1) is 0 Å². The van der Waals surface area contributed by atoms with Crippen LogP contribution in [-0.2, 0) is 14.3 Å². The molecule has 0 bridgehead atoms. The quantitative estimate of drug-likeness (QED) is 0.245. The highest BCUT2D eigenvalue weighted by Gasteiger charge is 2.19. The minimum Gasteiger partial charge on any atom is -0.459 e. The van der Waals surface area contributed by atoms with Crippen molar-refractivity contribution in [2.24, 2.45) is 0 Å². The molecular formula is C9H10O3S2. The molecule has 1 aliphatic rings. The van der Waals surface area contributed by atoms with E-state index in [1.54, 1.807) is 13.8 Å². The SMILES string of the molecule is CC(C)OC(=O)C(C=O)=C1SC=CS1. The molecule has 0 saturated heterocycles. The number of carbonyl (C=O) groups is 2. The fourth-order valence-corrected chi connectivity index (χ4v) is 2.56. The number of ether oxygens (including phenoxy) is 1. The van der Waals surface area contributed by atoms with Crippen molar-refractivity contribution in [3.63, 3.8) is 0 Å². The van der Waals surface area contributed by atoms with Crippen molar-refractivity contribution in [3.05, 3.63) is 20.6 Å². The van der Waals surface area contributed by atoms with Gasteiger partial charge in [-0.1, -0.05) is 23.5 Å². The average Bonchev–Trinajstić information content (AvgIpc) is 2.57. The summed E-state index contributed by atoms with van der Waals surface area (Å²) < 4.78 is 5.62. The molecule has 0 aromatic carbocycles. The smallest absolute Gasteiger partial charge is 0.343 e. The summed E-state index contributed by atoms with van der Waals surface area (Å²) in [6.07, 6.45) is 0.343. The summed E-state index contributed by atoms with van der Waals surface area (Å²) in [6.45, 7) is 3.50. The summed E-state index contributed by atoms with van der Waals surface area (Å²) >= 11 is 2.72. The number of carbonyl (C=O) groups excluding carboxylic acids is 2. The van der Waals surface area contributed by atoms with Crippen molar-refractivity contribution in [1.82, 2.24) is 0 Å². The molecule has 3 nitrogen and oxygen atoms in total. The van der Waals surface area contributed by atoms with Gasteiger partial charge in [0.2, 0.25) is 0 Å². The van der Waals surface area contributed by atoms with E-state index < -0.39 is 5.97 Å². The molecule has 1 heterocycles. The molecule has 14 heavy (non-hydrogen) atoms. The monoisotopic (exact) mass is 230 g/mol. The maximum atomic E-state index is 11.4. The molecule has 1 aliphatic heterocycles. The minimum atomic E-state index is -0.547. The van der Waals surface area contributed by atoms with Crippen LogP contribution < -0.4 is 0 Å². The van der Waals surface area contributed by atoms with Gasteiger partial charge in [-0.2, -0.15) is 0 Å². The Morgan fingerprint density at radius 3 is 2.43 bits per heavy atom. The lowest BCUT2D eigenvalue weighted by Gasteiger charge is -2.08. The molecule has 5 heteroatoms. The van der Waals surface area contributed by atoms with Crippen molar-refractivity contribution >= 4 is 35.8 Å². The van der Waals surface area contributed by atoms with Crippen LogP contribution in [0.15, 0.2) is 20.6 Å². The Bertz CT molecular complexity index is 295. The minimum absolute atomic E-state index is 0.110. The van der Waals surface area contributed by atoms with Crippen molar-refractivity contribution in [2.75, 3.05) is 0 Å². The van der Waals surface area contributed by atoms with Crippen LogP contribution in [-0.4, -0.2) is 18.4 Å². The summed E-state index contributed by atoms with van der Waals surface area (Å²) in [5.41, 5.74) is 0.110. The normalized spacial score (nSPS) is 14.6. The maximum absolute atomic E-state index is 11.4. The van der Waals surface area contributed by atoms with Gasteiger partial charge in [-0.3, -0.25) is 4.79 Å². The van der Waals surface area contributed by atoms with Gasteiger partial charge in [0.25, 0.3) is 0 Å². The lowest BCUT2D eigenvalue weighted by Crippen LogP contribution is -2.15. The van der Waals surface area contributed by atoms with Crippen LogP contribution in [0, 0.1) is 0 Å². The van der Waals surface area contributed by atoms with Crippen LogP contribution in [0.1, 0.15) is 13.8 Å². The number of rotatable bonds is 3. The zero-order valence-electron chi connectivity index (χ0n) is 7.85. The van der Waals surface area contributed by atoms with Crippen molar-refractivity contribution in [1.29, 1.82) is 0 Å². The highest BCUT2D eigenvalue weighted by molar-refractivity contribution is 8.27. The van der Waals surface area contributed by atoms with Crippen LogP contribution in [0.5, 0.6) is 0 Å². The molecule has 0 radical (unpaired) electrons. The molecule has 0 aromatic rings. The van der Waals surface area contributed by atoms with Gasteiger partial charge in [0.05, 0.1) is 10.3 Å². The van der Waals surface area contributed by atoms with E-state index in [-0.39, 0.29) is 11.7 Å². The number of thioether (sulfide) groups is 2. The number of hydrogen-bond donors (Lipinski definition) is 0. The van der Waals surface area contributed by atoms with Gasteiger partial charge in [0.15, 0.2) is 6.29 Å². The van der Waals surface area contributed by atoms with E-state index >= 15 is 0 Å². The molecule has 0 aromatic heterocycles. The fraction of sp³-hybridized carbons (Fsp3) is 0.333. The molecule has 0 spiro atoms. The predicted molar refractivity (Wildman–Crippen MR) is 58.6 cm³/mol. The van der Waals surface area contributed by atoms with Crippen LogP contribution in [0.4, 0.5) is 0 Å². The Morgan fingerprint density at radius 1 is 1.43 bits per heavy atom. The molecule has 0 atom stereocenters. The Labute approximate surface area is 91.0 Å². The summed E-state index contributed by atoms with van der Waals surface area (Å²) in [6, 6.07) is 0. The Balaban J connectivity index is 2.76. The first-order chi connectivity index (χ1) is 6.65. The Kier molecular flexibility index (Phi) is 4.28. The molecule has 1 rings (SSSR count). The molecule has 0 N–H and O–H groups in total. The molecule has 0 saturated carbocycles. The molecule has 0 unspecified atom stereocenters. The predicted octanol–water partition coefficient (Wildman–Crippen LogP) is 2.30. The second-order valence-corrected chi connectivity index (χ2v) is 4.87. The van der Waals surface area contributed by atoms with E-state index in [1.807, 2.05) is 10.8 Å². The lowest BCUT2D eigenvalue weighted by atomic mass is 10.3. The van der Waals surface area contributed by atoms with E-state index in [2.05, 4.69) is 0 Å².